The summed E-state index contributed by atoms with van der Waals surface area (Å²) in [5.74, 6) is 0. The average molecular weight is 363 g/mol. The lowest BCUT2D eigenvalue weighted by molar-refractivity contribution is 0.177. The van der Waals surface area contributed by atoms with E-state index in [1.165, 1.54) is 0 Å². The molecule has 1 aromatic heterocycles. The van der Waals surface area contributed by atoms with E-state index >= 15 is 0 Å². The molecule has 1 unspecified atom stereocenters. The van der Waals surface area contributed by atoms with Gasteiger partial charge in [-0.05, 0) is 30.3 Å². The minimum Gasteiger partial charge on any atom is -0.388 e. The van der Waals surface area contributed by atoms with Gasteiger partial charge in [-0.3, -0.25) is 4.98 Å². The van der Waals surface area contributed by atoms with Gasteiger partial charge in [0.05, 0.1) is 11.6 Å². The summed E-state index contributed by atoms with van der Waals surface area (Å²) in [5.41, 5.74) is 2.49. The standard InChI is InChI=1S/C17H13BrClNO/c18-12-6-8-15(19)14(9-12)17(21)10-13-7-5-11-3-1-2-4-16(11)20-13/h1-9,17,21H,10H2. The number of halogens is 2. The number of pyridine rings is 1. The Balaban J connectivity index is 1.88. The molecule has 4 heteroatoms. The van der Waals surface area contributed by atoms with E-state index in [1.807, 2.05) is 48.5 Å². The van der Waals surface area contributed by atoms with Crippen molar-refractivity contribution in [3.05, 3.63) is 75.4 Å². The van der Waals surface area contributed by atoms with Crippen molar-refractivity contribution >= 4 is 38.4 Å². The molecular formula is C17H13BrClNO. The van der Waals surface area contributed by atoms with Crippen molar-refractivity contribution in [1.29, 1.82) is 0 Å². The zero-order chi connectivity index (χ0) is 14.8. The zero-order valence-electron chi connectivity index (χ0n) is 11.1. The number of nitrogens with zero attached hydrogens (tertiary/aromatic N) is 1. The van der Waals surface area contributed by atoms with Gasteiger partial charge in [0, 0.05) is 32.6 Å². The van der Waals surface area contributed by atoms with Crippen LogP contribution < -0.4 is 0 Å². The molecule has 0 fully saturated rings. The summed E-state index contributed by atoms with van der Waals surface area (Å²) < 4.78 is 0.896. The predicted octanol–water partition coefficient (Wildman–Crippen LogP) is 4.93. The van der Waals surface area contributed by atoms with E-state index in [-0.39, 0.29) is 0 Å². The molecule has 1 atom stereocenters. The molecule has 3 rings (SSSR count). The summed E-state index contributed by atoms with van der Waals surface area (Å²) in [5, 5.41) is 12.1. The van der Waals surface area contributed by atoms with Crippen LogP contribution in [-0.4, -0.2) is 10.1 Å². The number of aliphatic hydroxyl groups is 1. The molecule has 0 aliphatic heterocycles. The number of aromatic nitrogens is 1. The molecule has 1 heterocycles. The molecule has 0 amide bonds. The molecule has 21 heavy (non-hydrogen) atoms. The SMILES string of the molecule is OC(Cc1ccc2ccccc2n1)c1cc(Br)ccc1Cl. The summed E-state index contributed by atoms with van der Waals surface area (Å²) >= 11 is 9.55. The van der Waals surface area contributed by atoms with Crippen LogP contribution in [-0.2, 0) is 6.42 Å². The Bertz CT molecular complexity index is 791. The lowest BCUT2D eigenvalue weighted by Gasteiger charge is -2.13. The van der Waals surface area contributed by atoms with Crippen molar-refractivity contribution in [2.24, 2.45) is 0 Å². The van der Waals surface area contributed by atoms with Crippen LogP contribution in [0.3, 0.4) is 0 Å². The topological polar surface area (TPSA) is 33.1 Å². The second kappa shape index (κ2) is 6.14. The summed E-state index contributed by atoms with van der Waals surface area (Å²) in [7, 11) is 0. The van der Waals surface area contributed by atoms with Crippen LogP contribution in [0.25, 0.3) is 10.9 Å². The minimum absolute atomic E-state index is 0.432. The first-order valence-corrected chi connectivity index (χ1v) is 7.78. The number of benzene rings is 2. The van der Waals surface area contributed by atoms with E-state index in [0.717, 1.165) is 21.1 Å². The van der Waals surface area contributed by atoms with E-state index in [1.54, 1.807) is 6.07 Å². The molecule has 3 aromatic rings. The van der Waals surface area contributed by atoms with Gasteiger partial charge in [0.1, 0.15) is 0 Å². The van der Waals surface area contributed by atoms with Crippen LogP contribution in [0.1, 0.15) is 17.4 Å². The third-order valence-corrected chi connectivity index (χ3v) is 4.21. The molecule has 0 saturated heterocycles. The molecule has 0 spiro atoms. The highest BCUT2D eigenvalue weighted by Gasteiger charge is 2.14. The van der Waals surface area contributed by atoms with Crippen LogP contribution in [0.5, 0.6) is 0 Å². The highest BCUT2D eigenvalue weighted by molar-refractivity contribution is 9.10. The van der Waals surface area contributed by atoms with Crippen molar-refractivity contribution in [3.63, 3.8) is 0 Å². The van der Waals surface area contributed by atoms with Crippen LogP contribution >= 0.6 is 27.5 Å². The predicted molar refractivity (Wildman–Crippen MR) is 89.6 cm³/mol. The van der Waals surface area contributed by atoms with Crippen molar-refractivity contribution < 1.29 is 5.11 Å². The second-order valence-corrected chi connectivity index (χ2v) is 6.20. The highest BCUT2D eigenvalue weighted by Crippen LogP contribution is 2.28. The van der Waals surface area contributed by atoms with Crippen LogP contribution in [0.4, 0.5) is 0 Å². The summed E-state index contributed by atoms with van der Waals surface area (Å²) in [6.07, 6.45) is -0.246. The third-order valence-electron chi connectivity index (χ3n) is 3.38. The van der Waals surface area contributed by atoms with Crippen molar-refractivity contribution in [3.8, 4) is 0 Å². The summed E-state index contributed by atoms with van der Waals surface area (Å²) in [6, 6.07) is 17.4. The molecular weight excluding hydrogens is 350 g/mol. The van der Waals surface area contributed by atoms with Gasteiger partial charge in [-0.15, -0.1) is 0 Å². The molecule has 0 saturated carbocycles. The van der Waals surface area contributed by atoms with Gasteiger partial charge >= 0.3 is 0 Å². The largest absolute Gasteiger partial charge is 0.388 e. The Labute approximate surface area is 136 Å². The summed E-state index contributed by atoms with van der Waals surface area (Å²) in [6.45, 7) is 0. The van der Waals surface area contributed by atoms with Crippen LogP contribution in [0.2, 0.25) is 5.02 Å². The van der Waals surface area contributed by atoms with E-state index in [2.05, 4.69) is 20.9 Å². The average Bonchev–Trinajstić information content (AvgIpc) is 2.49. The van der Waals surface area contributed by atoms with Crippen molar-refractivity contribution in [2.45, 2.75) is 12.5 Å². The molecule has 106 valence electrons. The van der Waals surface area contributed by atoms with Gasteiger partial charge in [-0.1, -0.05) is 51.8 Å². The minimum atomic E-state index is -0.677. The quantitative estimate of drug-likeness (QED) is 0.717. The van der Waals surface area contributed by atoms with Gasteiger partial charge in [0.15, 0.2) is 0 Å². The molecule has 0 aliphatic rings. The lowest BCUT2D eigenvalue weighted by atomic mass is 10.0. The molecule has 1 N–H and O–H groups in total. The van der Waals surface area contributed by atoms with Gasteiger partial charge < -0.3 is 5.11 Å². The Kier molecular flexibility index (Phi) is 4.24. The van der Waals surface area contributed by atoms with E-state index in [0.29, 0.717) is 17.0 Å². The molecule has 2 nitrogen and oxygen atoms in total. The maximum Gasteiger partial charge on any atom is 0.0860 e. The highest BCUT2D eigenvalue weighted by atomic mass is 79.9. The Morgan fingerprint density at radius 1 is 1.10 bits per heavy atom. The number of hydrogen-bond donors (Lipinski definition) is 1. The van der Waals surface area contributed by atoms with E-state index < -0.39 is 6.10 Å². The number of aliphatic hydroxyl groups excluding tert-OH is 1. The molecule has 0 radical (unpaired) electrons. The number of fused-ring (bicyclic) bond motifs is 1. The first-order valence-electron chi connectivity index (χ1n) is 6.61. The lowest BCUT2D eigenvalue weighted by Crippen LogP contribution is -2.04. The first kappa shape index (κ1) is 14.5. The smallest absolute Gasteiger partial charge is 0.0860 e. The molecule has 2 aromatic carbocycles. The van der Waals surface area contributed by atoms with Gasteiger partial charge in [-0.25, -0.2) is 0 Å². The maximum absolute atomic E-state index is 10.4. The Morgan fingerprint density at radius 3 is 2.76 bits per heavy atom. The van der Waals surface area contributed by atoms with Crippen LogP contribution in [0, 0.1) is 0 Å². The third kappa shape index (κ3) is 3.26. The van der Waals surface area contributed by atoms with Gasteiger partial charge in [0.2, 0.25) is 0 Å². The molecule has 0 bridgehead atoms. The van der Waals surface area contributed by atoms with Crippen molar-refractivity contribution in [1.82, 2.24) is 4.98 Å². The second-order valence-electron chi connectivity index (χ2n) is 4.88. The van der Waals surface area contributed by atoms with Crippen LogP contribution in [0.15, 0.2) is 59.1 Å². The van der Waals surface area contributed by atoms with E-state index in [4.69, 9.17) is 11.6 Å². The van der Waals surface area contributed by atoms with Gasteiger partial charge in [-0.2, -0.15) is 0 Å². The number of rotatable bonds is 3. The fourth-order valence-corrected chi connectivity index (χ4v) is 2.92. The maximum atomic E-state index is 10.4. The fraction of sp³-hybridized carbons (Fsp3) is 0.118. The zero-order valence-corrected chi connectivity index (χ0v) is 13.5. The normalized spacial score (nSPS) is 12.5. The van der Waals surface area contributed by atoms with Gasteiger partial charge in [0.25, 0.3) is 0 Å². The Morgan fingerprint density at radius 2 is 1.90 bits per heavy atom. The van der Waals surface area contributed by atoms with E-state index in [9.17, 15) is 5.11 Å². The summed E-state index contributed by atoms with van der Waals surface area (Å²) in [4.78, 5) is 4.58. The number of hydrogen-bond acceptors (Lipinski definition) is 2. The molecule has 0 aliphatic carbocycles. The first-order chi connectivity index (χ1) is 10.1. The Hall–Kier alpha value is -1.42. The van der Waals surface area contributed by atoms with Crippen molar-refractivity contribution in [2.75, 3.05) is 0 Å². The monoisotopic (exact) mass is 361 g/mol. The number of para-hydroxylation sites is 1. The fourth-order valence-electron chi connectivity index (χ4n) is 2.30.